The van der Waals surface area contributed by atoms with Crippen molar-refractivity contribution in [3.05, 3.63) is 47.8 Å². The third-order valence-corrected chi connectivity index (χ3v) is 5.93. The molecule has 158 valence electrons. The van der Waals surface area contributed by atoms with Crippen molar-refractivity contribution >= 4 is 23.5 Å². The Morgan fingerprint density at radius 1 is 1.13 bits per heavy atom. The smallest absolute Gasteiger partial charge is 0.256 e. The monoisotopic (exact) mass is 408 g/mol. The number of rotatable bonds is 5. The van der Waals surface area contributed by atoms with Gasteiger partial charge < -0.3 is 20.9 Å². The van der Waals surface area contributed by atoms with E-state index in [0.29, 0.717) is 24.5 Å². The lowest BCUT2D eigenvalue weighted by Gasteiger charge is -2.26. The molecule has 2 saturated heterocycles. The van der Waals surface area contributed by atoms with Crippen LogP contribution in [0.15, 0.2) is 36.7 Å². The second-order valence-electron chi connectivity index (χ2n) is 8.00. The maximum absolute atomic E-state index is 12.8. The number of carbonyl (C=O) groups excluding carboxylic acids is 2. The Labute approximate surface area is 176 Å². The molecule has 0 aliphatic carbocycles. The van der Waals surface area contributed by atoms with E-state index in [4.69, 9.17) is 0 Å². The number of aromatic nitrogens is 2. The van der Waals surface area contributed by atoms with Crippen molar-refractivity contribution in [3.8, 4) is 0 Å². The Hall–Kier alpha value is -3.00. The standard InChI is InChI=1S/C22H28N6O2/c1-28(19-3-2-9-23-10-8-19)21(30)17-13-25-22(26-14-17)27-18-6-4-15(5-7-18)16-11-20(29)24-12-16/h4-7,13-14,16,19,23H,2-3,8-12H2,1H3,(H,24,29)(H,25,26,27). The molecule has 0 radical (unpaired) electrons. The molecule has 3 N–H and O–H groups in total. The molecular formula is C22H28N6O2. The molecule has 2 unspecified atom stereocenters. The fraction of sp³-hybridized carbons (Fsp3) is 0.455. The Morgan fingerprint density at radius 3 is 2.60 bits per heavy atom. The van der Waals surface area contributed by atoms with Crippen molar-refractivity contribution in [3.63, 3.8) is 0 Å². The van der Waals surface area contributed by atoms with Crippen LogP contribution in [0.3, 0.4) is 0 Å². The van der Waals surface area contributed by atoms with Crippen LogP contribution in [0.1, 0.15) is 47.5 Å². The van der Waals surface area contributed by atoms with Gasteiger partial charge in [-0.05, 0) is 50.0 Å². The highest BCUT2D eigenvalue weighted by Crippen LogP contribution is 2.25. The Morgan fingerprint density at radius 2 is 1.90 bits per heavy atom. The summed E-state index contributed by atoms with van der Waals surface area (Å²) >= 11 is 0. The molecule has 0 saturated carbocycles. The van der Waals surface area contributed by atoms with Gasteiger partial charge in [-0.2, -0.15) is 0 Å². The first-order chi connectivity index (χ1) is 14.6. The molecule has 2 aliphatic heterocycles. The summed E-state index contributed by atoms with van der Waals surface area (Å²) in [6, 6.07) is 8.18. The van der Waals surface area contributed by atoms with E-state index in [2.05, 4.69) is 25.9 Å². The minimum Gasteiger partial charge on any atom is -0.355 e. The number of hydrogen-bond acceptors (Lipinski definition) is 6. The summed E-state index contributed by atoms with van der Waals surface area (Å²) in [5.74, 6) is 0.733. The van der Waals surface area contributed by atoms with Crippen molar-refractivity contribution < 1.29 is 9.59 Å². The molecule has 3 heterocycles. The lowest BCUT2D eigenvalue weighted by molar-refractivity contribution is -0.119. The number of hydrogen-bond donors (Lipinski definition) is 3. The molecule has 2 amide bonds. The van der Waals surface area contributed by atoms with Crippen molar-refractivity contribution in [2.24, 2.45) is 0 Å². The zero-order valence-corrected chi connectivity index (χ0v) is 17.2. The van der Waals surface area contributed by atoms with Gasteiger partial charge in [0.05, 0.1) is 5.56 Å². The van der Waals surface area contributed by atoms with E-state index in [-0.39, 0.29) is 23.8 Å². The molecule has 2 atom stereocenters. The molecule has 2 aliphatic rings. The number of amides is 2. The van der Waals surface area contributed by atoms with E-state index in [1.807, 2.05) is 36.2 Å². The lowest BCUT2D eigenvalue weighted by Crippen LogP contribution is -2.37. The van der Waals surface area contributed by atoms with Gasteiger partial charge in [0.25, 0.3) is 5.91 Å². The fourth-order valence-corrected chi connectivity index (χ4v) is 4.07. The van der Waals surface area contributed by atoms with Gasteiger partial charge in [0, 0.05) is 50.1 Å². The van der Waals surface area contributed by atoms with Crippen LogP contribution >= 0.6 is 0 Å². The summed E-state index contributed by atoms with van der Waals surface area (Å²) in [6.45, 7) is 2.64. The Bertz CT molecular complexity index is 876. The van der Waals surface area contributed by atoms with E-state index in [0.717, 1.165) is 43.6 Å². The molecular weight excluding hydrogens is 380 g/mol. The van der Waals surface area contributed by atoms with Crippen LogP contribution in [0.25, 0.3) is 0 Å². The zero-order valence-electron chi connectivity index (χ0n) is 17.2. The third-order valence-electron chi connectivity index (χ3n) is 5.93. The molecule has 8 nitrogen and oxygen atoms in total. The van der Waals surface area contributed by atoms with Gasteiger partial charge in [0.15, 0.2) is 0 Å². The summed E-state index contributed by atoms with van der Waals surface area (Å²) in [4.78, 5) is 34.6. The fourth-order valence-electron chi connectivity index (χ4n) is 4.07. The first-order valence-corrected chi connectivity index (χ1v) is 10.5. The molecule has 30 heavy (non-hydrogen) atoms. The molecule has 4 rings (SSSR count). The van der Waals surface area contributed by atoms with Gasteiger partial charge in [-0.15, -0.1) is 0 Å². The maximum Gasteiger partial charge on any atom is 0.256 e. The van der Waals surface area contributed by atoms with Crippen LogP contribution in [-0.2, 0) is 4.79 Å². The average Bonchev–Trinajstić information content (AvgIpc) is 3.03. The van der Waals surface area contributed by atoms with Gasteiger partial charge in [-0.1, -0.05) is 12.1 Å². The summed E-state index contributed by atoms with van der Waals surface area (Å²) in [5, 5.41) is 9.39. The normalized spacial score (nSPS) is 21.6. The van der Waals surface area contributed by atoms with E-state index in [1.165, 1.54) is 0 Å². The van der Waals surface area contributed by atoms with Gasteiger partial charge in [-0.25, -0.2) is 9.97 Å². The van der Waals surface area contributed by atoms with Gasteiger partial charge >= 0.3 is 0 Å². The predicted octanol–water partition coefficient (Wildman–Crippen LogP) is 2.04. The van der Waals surface area contributed by atoms with Gasteiger partial charge in [0.1, 0.15) is 0 Å². The second kappa shape index (κ2) is 9.21. The van der Waals surface area contributed by atoms with Crippen molar-refractivity contribution in [1.82, 2.24) is 25.5 Å². The first kappa shape index (κ1) is 20.3. The predicted molar refractivity (Wildman–Crippen MR) is 115 cm³/mol. The number of benzene rings is 1. The van der Waals surface area contributed by atoms with Crippen LogP contribution < -0.4 is 16.0 Å². The molecule has 8 heteroatoms. The highest BCUT2D eigenvalue weighted by molar-refractivity contribution is 5.93. The summed E-state index contributed by atoms with van der Waals surface area (Å²) in [6.07, 6.45) is 6.74. The molecule has 1 aromatic heterocycles. The van der Waals surface area contributed by atoms with Crippen molar-refractivity contribution in [2.75, 3.05) is 32.0 Å². The van der Waals surface area contributed by atoms with E-state index in [9.17, 15) is 9.59 Å². The third kappa shape index (κ3) is 4.76. The Balaban J connectivity index is 1.36. The van der Waals surface area contributed by atoms with E-state index in [1.54, 1.807) is 12.4 Å². The SMILES string of the molecule is CN(C(=O)c1cnc(Nc2ccc(C3CNC(=O)C3)cc2)nc1)C1CCCNCC1. The van der Waals surface area contributed by atoms with E-state index >= 15 is 0 Å². The van der Waals surface area contributed by atoms with Crippen LogP contribution in [0.4, 0.5) is 11.6 Å². The highest BCUT2D eigenvalue weighted by Gasteiger charge is 2.23. The van der Waals surface area contributed by atoms with Gasteiger partial charge in [0.2, 0.25) is 11.9 Å². The summed E-state index contributed by atoms with van der Waals surface area (Å²) < 4.78 is 0. The summed E-state index contributed by atoms with van der Waals surface area (Å²) in [5.41, 5.74) is 2.49. The van der Waals surface area contributed by atoms with Crippen LogP contribution in [-0.4, -0.2) is 59.4 Å². The molecule has 1 aromatic carbocycles. The second-order valence-corrected chi connectivity index (χ2v) is 8.00. The molecule has 0 bridgehead atoms. The number of nitrogens with zero attached hydrogens (tertiary/aromatic N) is 3. The number of nitrogens with one attached hydrogen (secondary N) is 3. The first-order valence-electron chi connectivity index (χ1n) is 10.5. The maximum atomic E-state index is 12.8. The van der Waals surface area contributed by atoms with Crippen molar-refractivity contribution in [2.45, 2.75) is 37.6 Å². The van der Waals surface area contributed by atoms with Gasteiger partial charge in [-0.3, -0.25) is 9.59 Å². The largest absolute Gasteiger partial charge is 0.355 e. The average molecular weight is 409 g/mol. The van der Waals surface area contributed by atoms with Crippen LogP contribution in [0.5, 0.6) is 0 Å². The minimum atomic E-state index is -0.0440. The molecule has 0 spiro atoms. The number of carbonyl (C=O) groups is 2. The van der Waals surface area contributed by atoms with Crippen LogP contribution in [0.2, 0.25) is 0 Å². The highest BCUT2D eigenvalue weighted by atomic mass is 16.2. The Kier molecular flexibility index (Phi) is 6.23. The summed E-state index contributed by atoms with van der Waals surface area (Å²) in [7, 11) is 1.86. The molecule has 2 aromatic rings. The van der Waals surface area contributed by atoms with Crippen molar-refractivity contribution in [1.29, 1.82) is 0 Å². The quantitative estimate of drug-likeness (QED) is 0.700. The minimum absolute atomic E-state index is 0.0440. The topological polar surface area (TPSA) is 99.3 Å². The zero-order chi connectivity index (χ0) is 20.9. The lowest BCUT2D eigenvalue weighted by atomic mass is 9.98. The van der Waals surface area contributed by atoms with E-state index < -0.39 is 0 Å². The van der Waals surface area contributed by atoms with Crippen LogP contribution in [0, 0.1) is 0 Å². The number of anilines is 2. The molecule has 2 fully saturated rings.